The maximum atomic E-state index is 12.6. The average Bonchev–Trinajstić information content (AvgIpc) is 2.97. The second kappa shape index (κ2) is 8.21. The standard InChI is InChI=1S/C22H28N4O3/c1-14-17(15(2)24-20-19(14)21(29)25-26(20)4)10-18(28)23-12-22(3,13-27)11-16-8-6-5-7-9-16/h5-9,27H,10-13H2,1-4H3,(H,23,28)(H,25,29). The molecule has 0 fully saturated rings. The highest BCUT2D eigenvalue weighted by atomic mass is 16.3. The molecule has 7 nitrogen and oxygen atoms in total. The molecule has 1 unspecified atom stereocenters. The van der Waals surface area contributed by atoms with E-state index < -0.39 is 5.41 Å². The molecule has 1 aromatic carbocycles. The van der Waals surface area contributed by atoms with Crippen molar-refractivity contribution in [1.29, 1.82) is 0 Å². The maximum Gasteiger partial charge on any atom is 0.273 e. The van der Waals surface area contributed by atoms with Gasteiger partial charge in [-0.2, -0.15) is 0 Å². The summed E-state index contributed by atoms with van der Waals surface area (Å²) in [7, 11) is 1.74. The maximum absolute atomic E-state index is 12.6. The zero-order chi connectivity index (χ0) is 21.2. The number of benzene rings is 1. The summed E-state index contributed by atoms with van der Waals surface area (Å²) in [5, 5.41) is 16.1. The molecule has 1 amide bonds. The normalized spacial score (nSPS) is 13.4. The van der Waals surface area contributed by atoms with Crippen LogP contribution < -0.4 is 10.9 Å². The molecule has 1 atom stereocenters. The number of aromatic amines is 1. The quantitative estimate of drug-likeness (QED) is 0.567. The molecule has 0 saturated carbocycles. The molecule has 2 heterocycles. The molecule has 0 radical (unpaired) electrons. The van der Waals surface area contributed by atoms with Crippen molar-refractivity contribution in [1.82, 2.24) is 20.1 Å². The van der Waals surface area contributed by atoms with Gasteiger partial charge in [0.2, 0.25) is 5.91 Å². The number of amides is 1. The molecule has 29 heavy (non-hydrogen) atoms. The Morgan fingerprint density at radius 3 is 2.62 bits per heavy atom. The van der Waals surface area contributed by atoms with Crippen molar-refractivity contribution in [3.05, 3.63) is 63.1 Å². The number of nitrogens with one attached hydrogen (secondary N) is 2. The van der Waals surface area contributed by atoms with Gasteiger partial charge in [0.1, 0.15) is 0 Å². The first-order valence-corrected chi connectivity index (χ1v) is 9.70. The summed E-state index contributed by atoms with van der Waals surface area (Å²) in [5.41, 5.74) is 3.31. The predicted octanol–water partition coefficient (Wildman–Crippen LogP) is 1.78. The lowest BCUT2D eigenvalue weighted by atomic mass is 9.84. The van der Waals surface area contributed by atoms with E-state index in [4.69, 9.17) is 0 Å². The Balaban J connectivity index is 1.73. The number of aliphatic hydroxyl groups is 1. The van der Waals surface area contributed by atoms with Crippen LogP contribution in [0.2, 0.25) is 0 Å². The van der Waals surface area contributed by atoms with Crippen LogP contribution >= 0.6 is 0 Å². The summed E-state index contributed by atoms with van der Waals surface area (Å²) in [6.45, 7) is 5.97. The third kappa shape index (κ3) is 4.40. The summed E-state index contributed by atoms with van der Waals surface area (Å²) in [5.74, 6) is -0.155. The molecule has 0 aliphatic heterocycles. The van der Waals surface area contributed by atoms with Crippen LogP contribution in [0.4, 0.5) is 0 Å². The number of aromatic nitrogens is 3. The molecular weight excluding hydrogens is 368 g/mol. The molecular formula is C22H28N4O3. The van der Waals surface area contributed by atoms with Crippen LogP contribution in [0, 0.1) is 19.3 Å². The monoisotopic (exact) mass is 396 g/mol. The fourth-order valence-electron chi connectivity index (χ4n) is 3.71. The van der Waals surface area contributed by atoms with Crippen LogP contribution in [0.15, 0.2) is 35.1 Å². The topological polar surface area (TPSA) is 100 Å². The third-order valence-corrected chi connectivity index (χ3v) is 5.48. The van der Waals surface area contributed by atoms with E-state index >= 15 is 0 Å². The highest BCUT2D eigenvalue weighted by Crippen LogP contribution is 2.22. The summed E-state index contributed by atoms with van der Waals surface area (Å²) >= 11 is 0. The predicted molar refractivity (Wildman–Crippen MR) is 113 cm³/mol. The number of hydrogen-bond acceptors (Lipinski definition) is 4. The number of pyridine rings is 1. The van der Waals surface area contributed by atoms with Crippen LogP contribution in [0.3, 0.4) is 0 Å². The minimum atomic E-state index is -0.458. The molecule has 3 rings (SSSR count). The minimum Gasteiger partial charge on any atom is -0.396 e. The van der Waals surface area contributed by atoms with Crippen molar-refractivity contribution < 1.29 is 9.90 Å². The number of hydrogen-bond donors (Lipinski definition) is 3. The number of H-pyrrole nitrogens is 1. The van der Waals surface area contributed by atoms with E-state index in [1.165, 1.54) is 0 Å². The molecule has 3 aromatic rings. The van der Waals surface area contributed by atoms with Gasteiger partial charge in [0.15, 0.2) is 5.65 Å². The van der Waals surface area contributed by atoms with Crippen LogP contribution in [0.25, 0.3) is 11.0 Å². The number of aliphatic hydroxyl groups excluding tert-OH is 1. The van der Waals surface area contributed by atoms with E-state index in [-0.39, 0.29) is 24.5 Å². The Hall–Kier alpha value is -2.93. The SMILES string of the molecule is Cc1nc2c(c(C)c1CC(=O)NCC(C)(CO)Cc1ccccc1)c(=O)[nH]n2C. The Morgan fingerprint density at radius 2 is 1.97 bits per heavy atom. The van der Waals surface area contributed by atoms with E-state index in [0.717, 1.165) is 22.4 Å². The van der Waals surface area contributed by atoms with Crippen molar-refractivity contribution in [2.45, 2.75) is 33.6 Å². The van der Waals surface area contributed by atoms with Gasteiger partial charge >= 0.3 is 0 Å². The molecule has 0 saturated heterocycles. The first-order chi connectivity index (χ1) is 13.7. The van der Waals surface area contributed by atoms with E-state index in [1.807, 2.05) is 51.1 Å². The number of carbonyl (C=O) groups is 1. The van der Waals surface area contributed by atoms with Crippen molar-refractivity contribution in [3.8, 4) is 0 Å². The molecule has 0 aliphatic carbocycles. The summed E-state index contributed by atoms with van der Waals surface area (Å²) in [6, 6.07) is 9.91. The van der Waals surface area contributed by atoms with Crippen LogP contribution in [-0.4, -0.2) is 38.9 Å². The molecule has 2 aromatic heterocycles. The second-order valence-electron chi connectivity index (χ2n) is 8.08. The smallest absolute Gasteiger partial charge is 0.273 e. The minimum absolute atomic E-state index is 0.0346. The second-order valence-corrected chi connectivity index (χ2v) is 8.08. The van der Waals surface area contributed by atoms with Crippen molar-refractivity contribution in [3.63, 3.8) is 0 Å². The van der Waals surface area contributed by atoms with Gasteiger partial charge < -0.3 is 10.4 Å². The molecule has 0 bridgehead atoms. The van der Waals surface area contributed by atoms with Crippen LogP contribution in [-0.2, 0) is 24.7 Å². The molecule has 7 heteroatoms. The van der Waals surface area contributed by atoms with Gasteiger partial charge in [-0.15, -0.1) is 0 Å². The number of rotatable bonds is 7. The molecule has 0 spiro atoms. The lowest BCUT2D eigenvalue weighted by Gasteiger charge is -2.28. The fraction of sp³-hybridized carbons (Fsp3) is 0.409. The third-order valence-electron chi connectivity index (χ3n) is 5.48. The highest BCUT2D eigenvalue weighted by molar-refractivity contribution is 5.84. The average molecular weight is 396 g/mol. The molecule has 3 N–H and O–H groups in total. The molecule has 0 aliphatic rings. The zero-order valence-corrected chi connectivity index (χ0v) is 17.4. The number of carbonyl (C=O) groups excluding carboxylic acids is 1. The van der Waals surface area contributed by atoms with Crippen LogP contribution in [0.5, 0.6) is 0 Å². The first-order valence-electron chi connectivity index (χ1n) is 9.70. The summed E-state index contributed by atoms with van der Waals surface area (Å²) in [6.07, 6.45) is 0.803. The van der Waals surface area contributed by atoms with E-state index in [2.05, 4.69) is 15.4 Å². The Bertz CT molecular complexity index is 1080. The van der Waals surface area contributed by atoms with Gasteiger partial charge in [-0.05, 0) is 37.0 Å². The van der Waals surface area contributed by atoms with Crippen molar-refractivity contribution >= 4 is 16.9 Å². The van der Waals surface area contributed by atoms with Gasteiger partial charge in [0.05, 0.1) is 18.4 Å². The first kappa shape index (κ1) is 20.8. The number of nitrogens with zero attached hydrogens (tertiary/aromatic N) is 2. The zero-order valence-electron chi connectivity index (χ0n) is 17.4. The fourth-order valence-corrected chi connectivity index (χ4v) is 3.71. The van der Waals surface area contributed by atoms with E-state index in [1.54, 1.807) is 11.7 Å². The van der Waals surface area contributed by atoms with E-state index in [0.29, 0.717) is 24.0 Å². The number of fused-ring (bicyclic) bond motifs is 1. The van der Waals surface area contributed by atoms with E-state index in [9.17, 15) is 14.7 Å². The number of aryl methyl sites for hydroxylation is 3. The van der Waals surface area contributed by atoms with Crippen LogP contribution in [0.1, 0.15) is 29.3 Å². The van der Waals surface area contributed by atoms with Crippen molar-refractivity contribution in [2.75, 3.05) is 13.2 Å². The lowest BCUT2D eigenvalue weighted by molar-refractivity contribution is -0.121. The summed E-state index contributed by atoms with van der Waals surface area (Å²) in [4.78, 5) is 29.3. The van der Waals surface area contributed by atoms with Gasteiger partial charge in [-0.1, -0.05) is 37.3 Å². The Labute approximate surface area is 169 Å². The molecule has 154 valence electrons. The lowest BCUT2D eigenvalue weighted by Crippen LogP contribution is -2.40. The van der Waals surface area contributed by atoms with Crippen molar-refractivity contribution in [2.24, 2.45) is 12.5 Å². The van der Waals surface area contributed by atoms with Gasteiger partial charge in [-0.3, -0.25) is 19.4 Å². The van der Waals surface area contributed by atoms with Gasteiger partial charge in [0, 0.05) is 24.7 Å². The largest absolute Gasteiger partial charge is 0.396 e. The van der Waals surface area contributed by atoms with Gasteiger partial charge in [-0.25, -0.2) is 4.98 Å². The highest BCUT2D eigenvalue weighted by Gasteiger charge is 2.25. The summed E-state index contributed by atoms with van der Waals surface area (Å²) < 4.78 is 1.60. The Morgan fingerprint density at radius 1 is 1.28 bits per heavy atom. The van der Waals surface area contributed by atoms with Gasteiger partial charge in [0.25, 0.3) is 5.56 Å². The Kier molecular flexibility index (Phi) is 5.88.